The molecule has 0 saturated heterocycles. The van der Waals surface area contributed by atoms with E-state index in [-0.39, 0.29) is 5.38 Å². The Morgan fingerprint density at radius 1 is 1.31 bits per heavy atom. The fraction of sp³-hybridized carbons (Fsp3) is 0.200. The summed E-state index contributed by atoms with van der Waals surface area (Å²) in [7, 11) is 0. The van der Waals surface area contributed by atoms with Crippen LogP contribution in [0.2, 0.25) is 5.02 Å². The van der Waals surface area contributed by atoms with Crippen molar-refractivity contribution >= 4 is 44.6 Å². The van der Waals surface area contributed by atoms with Gasteiger partial charge in [0.05, 0.1) is 5.38 Å². The van der Waals surface area contributed by atoms with Crippen LogP contribution in [0.5, 0.6) is 0 Å². The van der Waals surface area contributed by atoms with Gasteiger partial charge in [0, 0.05) is 14.6 Å². The van der Waals surface area contributed by atoms with Crippen LogP contribution < -0.4 is 0 Å². The first-order valence-corrected chi connectivity index (χ1v) is 5.63. The van der Waals surface area contributed by atoms with E-state index in [1.165, 1.54) is 15.0 Å². The lowest BCUT2D eigenvalue weighted by Gasteiger charge is -1.93. The van der Waals surface area contributed by atoms with Crippen LogP contribution in [0.15, 0.2) is 24.3 Å². The van der Waals surface area contributed by atoms with E-state index in [2.05, 4.69) is 6.07 Å². The lowest BCUT2D eigenvalue weighted by atomic mass is 10.2. The Balaban J connectivity index is 2.62. The van der Waals surface area contributed by atoms with E-state index in [1.54, 1.807) is 11.3 Å². The van der Waals surface area contributed by atoms with Crippen molar-refractivity contribution in [3.05, 3.63) is 34.2 Å². The third-order valence-electron chi connectivity index (χ3n) is 1.89. The van der Waals surface area contributed by atoms with Crippen LogP contribution in [-0.2, 0) is 0 Å². The van der Waals surface area contributed by atoms with Gasteiger partial charge in [-0.25, -0.2) is 0 Å². The van der Waals surface area contributed by atoms with E-state index in [4.69, 9.17) is 23.2 Å². The standard InChI is InChI=1S/C10H8Cl2S/c1-6(11)10-5-7-4-8(12)2-3-9(7)13-10/h2-6H,1H3. The van der Waals surface area contributed by atoms with Crippen molar-refractivity contribution in [2.45, 2.75) is 12.3 Å². The number of alkyl halides is 1. The Bertz CT molecular complexity index is 431. The highest BCUT2D eigenvalue weighted by Crippen LogP contribution is 2.33. The van der Waals surface area contributed by atoms with Crippen LogP contribution in [0.25, 0.3) is 10.1 Å². The summed E-state index contributed by atoms with van der Waals surface area (Å²) in [6.45, 7) is 1.98. The summed E-state index contributed by atoms with van der Waals surface area (Å²) < 4.78 is 1.24. The molecule has 0 bridgehead atoms. The van der Waals surface area contributed by atoms with E-state index >= 15 is 0 Å². The summed E-state index contributed by atoms with van der Waals surface area (Å²) in [5, 5.41) is 2.04. The molecular formula is C10H8Cl2S. The van der Waals surface area contributed by atoms with E-state index in [1.807, 2.05) is 25.1 Å². The Hall–Kier alpha value is -0.240. The number of hydrogen-bond donors (Lipinski definition) is 0. The van der Waals surface area contributed by atoms with Gasteiger partial charge in [-0.3, -0.25) is 0 Å². The number of fused-ring (bicyclic) bond motifs is 1. The molecule has 0 fully saturated rings. The highest BCUT2D eigenvalue weighted by Gasteiger charge is 2.06. The van der Waals surface area contributed by atoms with Gasteiger partial charge in [-0.1, -0.05) is 11.6 Å². The van der Waals surface area contributed by atoms with E-state index < -0.39 is 0 Å². The van der Waals surface area contributed by atoms with Crippen molar-refractivity contribution in [1.82, 2.24) is 0 Å². The molecule has 1 atom stereocenters. The zero-order chi connectivity index (χ0) is 9.42. The van der Waals surface area contributed by atoms with E-state index in [0.717, 1.165) is 5.02 Å². The Labute approximate surface area is 91.1 Å². The Morgan fingerprint density at radius 2 is 2.08 bits per heavy atom. The SMILES string of the molecule is CC(Cl)c1cc2cc(Cl)ccc2s1. The predicted molar refractivity (Wildman–Crippen MR) is 61.1 cm³/mol. The lowest BCUT2D eigenvalue weighted by Crippen LogP contribution is -1.72. The summed E-state index contributed by atoms with van der Waals surface area (Å²) in [5.74, 6) is 0. The molecule has 0 amide bonds. The van der Waals surface area contributed by atoms with Crippen molar-refractivity contribution in [3.8, 4) is 0 Å². The first-order chi connectivity index (χ1) is 6.16. The zero-order valence-corrected chi connectivity index (χ0v) is 9.38. The van der Waals surface area contributed by atoms with Gasteiger partial charge < -0.3 is 0 Å². The third kappa shape index (κ3) is 1.83. The first-order valence-electron chi connectivity index (χ1n) is 4.00. The molecule has 13 heavy (non-hydrogen) atoms. The Kier molecular flexibility index (Phi) is 2.50. The molecule has 0 aliphatic carbocycles. The van der Waals surface area contributed by atoms with Gasteiger partial charge in [-0.05, 0) is 36.6 Å². The molecule has 1 aromatic heterocycles. The smallest absolute Gasteiger partial charge is 0.0650 e. The molecule has 1 heterocycles. The molecule has 0 saturated carbocycles. The second-order valence-corrected chi connectivity index (χ2v) is 5.15. The predicted octanol–water partition coefficient (Wildman–Crippen LogP) is 4.85. The molecule has 2 aromatic rings. The van der Waals surface area contributed by atoms with Gasteiger partial charge in [-0.15, -0.1) is 22.9 Å². The van der Waals surface area contributed by atoms with Crippen LogP contribution in [0, 0.1) is 0 Å². The van der Waals surface area contributed by atoms with E-state index in [0.29, 0.717) is 0 Å². The summed E-state index contributed by atoms with van der Waals surface area (Å²) in [6, 6.07) is 8.01. The fourth-order valence-electron chi connectivity index (χ4n) is 1.23. The molecular weight excluding hydrogens is 223 g/mol. The monoisotopic (exact) mass is 230 g/mol. The van der Waals surface area contributed by atoms with E-state index in [9.17, 15) is 0 Å². The van der Waals surface area contributed by atoms with Crippen LogP contribution >= 0.6 is 34.5 Å². The average molecular weight is 231 g/mol. The topological polar surface area (TPSA) is 0 Å². The number of halogens is 2. The minimum Gasteiger partial charge on any atom is -0.139 e. The molecule has 3 heteroatoms. The van der Waals surface area contributed by atoms with Gasteiger partial charge >= 0.3 is 0 Å². The maximum Gasteiger partial charge on any atom is 0.0650 e. The summed E-state index contributed by atoms with van der Waals surface area (Å²) in [6.07, 6.45) is 0. The summed E-state index contributed by atoms with van der Waals surface area (Å²) in [5.41, 5.74) is 0. The van der Waals surface area contributed by atoms with Gasteiger partial charge in [0.25, 0.3) is 0 Å². The fourth-order valence-corrected chi connectivity index (χ4v) is 2.58. The van der Waals surface area contributed by atoms with Crippen LogP contribution in [0.1, 0.15) is 17.2 Å². The number of thiophene rings is 1. The molecule has 2 rings (SSSR count). The molecule has 0 nitrogen and oxygen atoms in total. The maximum absolute atomic E-state index is 5.99. The number of hydrogen-bond acceptors (Lipinski definition) is 1. The minimum absolute atomic E-state index is 0.0798. The third-order valence-corrected chi connectivity index (χ3v) is 3.79. The van der Waals surface area contributed by atoms with Gasteiger partial charge in [0.1, 0.15) is 0 Å². The summed E-state index contributed by atoms with van der Waals surface area (Å²) in [4.78, 5) is 1.19. The minimum atomic E-state index is 0.0798. The van der Waals surface area contributed by atoms with Crippen molar-refractivity contribution < 1.29 is 0 Å². The molecule has 0 N–H and O–H groups in total. The highest BCUT2D eigenvalue weighted by molar-refractivity contribution is 7.19. The molecule has 0 aliphatic rings. The van der Waals surface area contributed by atoms with Crippen molar-refractivity contribution in [2.24, 2.45) is 0 Å². The normalized spacial score (nSPS) is 13.5. The number of benzene rings is 1. The lowest BCUT2D eigenvalue weighted by molar-refractivity contribution is 1.13. The molecule has 1 unspecified atom stereocenters. The van der Waals surface area contributed by atoms with Crippen LogP contribution in [0.3, 0.4) is 0 Å². The van der Waals surface area contributed by atoms with Crippen LogP contribution in [0.4, 0.5) is 0 Å². The molecule has 1 aromatic carbocycles. The molecule has 0 aliphatic heterocycles. The number of rotatable bonds is 1. The second kappa shape index (κ2) is 3.49. The zero-order valence-electron chi connectivity index (χ0n) is 7.05. The largest absolute Gasteiger partial charge is 0.139 e. The second-order valence-electron chi connectivity index (χ2n) is 2.95. The Morgan fingerprint density at radius 3 is 2.77 bits per heavy atom. The van der Waals surface area contributed by atoms with Gasteiger partial charge in [-0.2, -0.15) is 0 Å². The van der Waals surface area contributed by atoms with Crippen molar-refractivity contribution in [1.29, 1.82) is 0 Å². The van der Waals surface area contributed by atoms with Gasteiger partial charge in [0.2, 0.25) is 0 Å². The van der Waals surface area contributed by atoms with Crippen molar-refractivity contribution in [3.63, 3.8) is 0 Å². The van der Waals surface area contributed by atoms with Crippen LogP contribution in [-0.4, -0.2) is 0 Å². The molecule has 0 radical (unpaired) electrons. The molecule has 68 valence electrons. The molecule has 0 spiro atoms. The maximum atomic E-state index is 5.99. The average Bonchev–Trinajstić information content (AvgIpc) is 2.46. The summed E-state index contributed by atoms with van der Waals surface area (Å²) >= 11 is 13.6. The highest BCUT2D eigenvalue weighted by atomic mass is 35.5. The quantitative estimate of drug-likeness (QED) is 0.615. The first kappa shape index (κ1) is 9.32. The van der Waals surface area contributed by atoms with Crippen molar-refractivity contribution in [2.75, 3.05) is 0 Å². The van der Waals surface area contributed by atoms with Gasteiger partial charge in [0.15, 0.2) is 0 Å².